The zero-order valence-electron chi connectivity index (χ0n) is 19.0. The van der Waals surface area contributed by atoms with Crippen molar-refractivity contribution >= 4 is 17.5 Å². The molecule has 172 valence electrons. The minimum absolute atomic E-state index is 0.0242. The lowest BCUT2D eigenvalue weighted by atomic mass is 10.0. The summed E-state index contributed by atoms with van der Waals surface area (Å²) in [5.41, 5.74) is 2.98. The van der Waals surface area contributed by atoms with Crippen molar-refractivity contribution in [1.82, 2.24) is 10.2 Å². The summed E-state index contributed by atoms with van der Waals surface area (Å²) in [5.74, 6) is 0.491. The maximum Gasteiger partial charge on any atom is 0.291 e. The molecule has 7 heteroatoms. The van der Waals surface area contributed by atoms with Crippen LogP contribution in [0.2, 0.25) is 0 Å². The second-order valence-electron chi connectivity index (χ2n) is 8.17. The summed E-state index contributed by atoms with van der Waals surface area (Å²) in [6, 6.07) is 16.5. The van der Waals surface area contributed by atoms with Gasteiger partial charge in [-0.05, 0) is 68.8 Å². The first kappa shape index (κ1) is 22.6. The van der Waals surface area contributed by atoms with Gasteiger partial charge in [0.1, 0.15) is 5.75 Å². The molecule has 2 amide bonds. The number of likely N-dealkylation sites (tertiary alicyclic amines) is 1. The van der Waals surface area contributed by atoms with Crippen molar-refractivity contribution in [2.45, 2.75) is 25.8 Å². The van der Waals surface area contributed by atoms with Crippen LogP contribution in [0.5, 0.6) is 5.75 Å². The fraction of sp³-hybridized carbons (Fsp3) is 0.308. The summed E-state index contributed by atoms with van der Waals surface area (Å²) in [5, 5.41) is 5.91. The van der Waals surface area contributed by atoms with Gasteiger partial charge in [-0.15, -0.1) is 0 Å². The van der Waals surface area contributed by atoms with Crippen molar-refractivity contribution < 1.29 is 18.7 Å². The van der Waals surface area contributed by atoms with Crippen molar-refractivity contribution in [3.8, 4) is 5.75 Å². The lowest BCUT2D eigenvalue weighted by molar-refractivity contribution is 0.0935. The Morgan fingerprint density at radius 1 is 1.06 bits per heavy atom. The number of anilines is 1. The lowest BCUT2D eigenvalue weighted by Crippen LogP contribution is -2.37. The molecule has 2 heterocycles. The summed E-state index contributed by atoms with van der Waals surface area (Å²) in [7, 11) is 1.67. The topological polar surface area (TPSA) is 83.8 Å². The van der Waals surface area contributed by atoms with E-state index in [1.165, 1.54) is 6.26 Å². The van der Waals surface area contributed by atoms with E-state index in [2.05, 4.69) is 21.6 Å². The van der Waals surface area contributed by atoms with Crippen LogP contribution in [-0.4, -0.2) is 43.5 Å². The van der Waals surface area contributed by atoms with Crippen LogP contribution in [0.15, 0.2) is 65.3 Å². The van der Waals surface area contributed by atoms with Crippen molar-refractivity contribution in [2.24, 2.45) is 0 Å². The first-order chi connectivity index (χ1) is 16.1. The van der Waals surface area contributed by atoms with E-state index in [9.17, 15) is 9.59 Å². The van der Waals surface area contributed by atoms with Crippen LogP contribution in [0.1, 0.15) is 50.9 Å². The molecular weight excluding hydrogens is 418 g/mol. The monoisotopic (exact) mass is 447 g/mol. The molecule has 1 fully saturated rings. The normalized spacial score (nSPS) is 14.6. The molecule has 33 heavy (non-hydrogen) atoms. The van der Waals surface area contributed by atoms with E-state index in [1.807, 2.05) is 31.2 Å². The molecule has 7 nitrogen and oxygen atoms in total. The Kier molecular flexibility index (Phi) is 7.10. The fourth-order valence-electron chi connectivity index (χ4n) is 4.21. The maximum absolute atomic E-state index is 13.0. The molecule has 0 radical (unpaired) electrons. The first-order valence-electron chi connectivity index (χ1n) is 11.2. The number of methoxy groups -OCH3 is 1. The summed E-state index contributed by atoms with van der Waals surface area (Å²) >= 11 is 0. The van der Waals surface area contributed by atoms with E-state index in [1.54, 1.807) is 31.4 Å². The zero-order valence-corrected chi connectivity index (χ0v) is 19.0. The number of furan rings is 1. The van der Waals surface area contributed by atoms with E-state index < -0.39 is 0 Å². The van der Waals surface area contributed by atoms with Gasteiger partial charge in [0, 0.05) is 23.4 Å². The van der Waals surface area contributed by atoms with Gasteiger partial charge in [-0.1, -0.05) is 24.3 Å². The van der Waals surface area contributed by atoms with Crippen molar-refractivity contribution in [1.29, 1.82) is 0 Å². The van der Waals surface area contributed by atoms with Crippen molar-refractivity contribution in [2.75, 3.05) is 32.1 Å². The highest BCUT2D eigenvalue weighted by atomic mass is 16.5. The maximum atomic E-state index is 13.0. The van der Waals surface area contributed by atoms with Crippen LogP contribution in [0.25, 0.3) is 0 Å². The molecule has 1 atom stereocenters. The summed E-state index contributed by atoms with van der Waals surface area (Å²) in [6.45, 7) is 4.32. The molecule has 1 unspecified atom stereocenters. The van der Waals surface area contributed by atoms with Gasteiger partial charge in [0.2, 0.25) is 0 Å². The standard InChI is InChI=1S/C26H29N3O4/c1-18-11-12-19(16-21(18)28-26(31)24-10-7-15-33-24)25(30)27-17-22(29-13-5-6-14-29)20-8-3-4-9-23(20)32-2/h3-4,7-12,15-16,22H,5-6,13-14,17H2,1-2H3,(H,27,30)(H,28,31). The zero-order chi connectivity index (χ0) is 23.2. The Labute approximate surface area is 193 Å². The van der Waals surface area contributed by atoms with Gasteiger partial charge in [-0.25, -0.2) is 0 Å². The molecule has 3 aromatic rings. The molecule has 1 aromatic heterocycles. The van der Waals surface area contributed by atoms with Gasteiger partial charge < -0.3 is 19.8 Å². The smallest absolute Gasteiger partial charge is 0.291 e. The highest BCUT2D eigenvalue weighted by Gasteiger charge is 2.26. The number of para-hydroxylation sites is 1. The third-order valence-corrected chi connectivity index (χ3v) is 6.03. The minimum Gasteiger partial charge on any atom is -0.496 e. The van der Waals surface area contributed by atoms with Gasteiger partial charge in [0.05, 0.1) is 19.4 Å². The first-order valence-corrected chi connectivity index (χ1v) is 11.2. The molecule has 0 saturated carbocycles. The highest BCUT2D eigenvalue weighted by Crippen LogP contribution is 2.31. The summed E-state index contributed by atoms with van der Waals surface area (Å²) < 4.78 is 10.7. The SMILES string of the molecule is COc1ccccc1C(CNC(=O)c1ccc(C)c(NC(=O)c2ccco2)c1)N1CCCC1. The van der Waals surface area contributed by atoms with Gasteiger partial charge >= 0.3 is 0 Å². The third kappa shape index (κ3) is 5.26. The molecule has 4 rings (SSSR count). The van der Waals surface area contributed by atoms with E-state index in [-0.39, 0.29) is 23.6 Å². The number of aryl methyl sites for hydroxylation is 1. The second-order valence-corrected chi connectivity index (χ2v) is 8.17. The molecule has 0 aliphatic carbocycles. The molecule has 0 spiro atoms. The van der Waals surface area contributed by atoms with Crippen LogP contribution < -0.4 is 15.4 Å². The van der Waals surface area contributed by atoms with Gasteiger partial charge in [0.15, 0.2) is 5.76 Å². The molecule has 2 aromatic carbocycles. The third-order valence-electron chi connectivity index (χ3n) is 6.03. The Morgan fingerprint density at radius 3 is 2.58 bits per heavy atom. The molecule has 1 aliphatic rings. The predicted molar refractivity (Wildman–Crippen MR) is 127 cm³/mol. The minimum atomic E-state index is -0.356. The van der Waals surface area contributed by atoms with Crippen LogP contribution in [0.3, 0.4) is 0 Å². The number of rotatable bonds is 8. The van der Waals surface area contributed by atoms with E-state index >= 15 is 0 Å². The average molecular weight is 448 g/mol. The fourth-order valence-corrected chi connectivity index (χ4v) is 4.21. The number of hydrogen-bond donors (Lipinski definition) is 2. The quantitative estimate of drug-likeness (QED) is 0.534. The number of nitrogens with zero attached hydrogens (tertiary/aromatic N) is 1. The Balaban J connectivity index is 1.49. The average Bonchev–Trinajstić information content (AvgIpc) is 3.55. The number of hydrogen-bond acceptors (Lipinski definition) is 5. The van der Waals surface area contributed by atoms with E-state index in [0.717, 1.165) is 42.8 Å². The number of ether oxygens (including phenoxy) is 1. The van der Waals surface area contributed by atoms with Crippen molar-refractivity contribution in [3.05, 3.63) is 83.3 Å². The Morgan fingerprint density at radius 2 is 1.85 bits per heavy atom. The largest absolute Gasteiger partial charge is 0.496 e. The van der Waals surface area contributed by atoms with Crippen LogP contribution in [-0.2, 0) is 0 Å². The van der Waals surface area contributed by atoms with E-state index in [4.69, 9.17) is 9.15 Å². The molecule has 0 bridgehead atoms. The van der Waals surface area contributed by atoms with Crippen molar-refractivity contribution in [3.63, 3.8) is 0 Å². The molecule has 2 N–H and O–H groups in total. The second kappa shape index (κ2) is 10.4. The van der Waals surface area contributed by atoms with Gasteiger partial charge in [-0.2, -0.15) is 0 Å². The summed E-state index contributed by atoms with van der Waals surface area (Å²) in [4.78, 5) is 27.8. The number of nitrogens with one attached hydrogen (secondary N) is 2. The van der Waals surface area contributed by atoms with E-state index in [0.29, 0.717) is 17.8 Å². The number of carbonyl (C=O) groups is 2. The van der Waals surface area contributed by atoms with Gasteiger partial charge in [-0.3, -0.25) is 14.5 Å². The molecule has 1 aliphatic heterocycles. The van der Waals surface area contributed by atoms with Crippen LogP contribution in [0, 0.1) is 6.92 Å². The number of benzene rings is 2. The predicted octanol–water partition coefficient (Wildman–Crippen LogP) is 4.42. The highest BCUT2D eigenvalue weighted by molar-refractivity contribution is 6.03. The van der Waals surface area contributed by atoms with Gasteiger partial charge in [0.25, 0.3) is 11.8 Å². The summed E-state index contributed by atoms with van der Waals surface area (Å²) in [6.07, 6.45) is 3.75. The lowest BCUT2D eigenvalue weighted by Gasteiger charge is -2.29. The number of amides is 2. The van der Waals surface area contributed by atoms with Crippen LogP contribution in [0.4, 0.5) is 5.69 Å². The number of carbonyl (C=O) groups excluding carboxylic acids is 2. The van der Waals surface area contributed by atoms with Crippen LogP contribution >= 0.6 is 0 Å². The molecule has 1 saturated heterocycles. The molecular formula is C26H29N3O4. The Bertz CT molecular complexity index is 1100. The Hall–Kier alpha value is -3.58.